The smallest absolute Gasteiger partial charge is 0.383 e. The number of amides is 1. The number of aromatic nitrogens is 2. The zero-order valence-electron chi connectivity index (χ0n) is 12.7. The zero-order chi connectivity index (χ0) is 17.6. The Balaban J connectivity index is 1.96. The molecule has 2 aromatic rings. The molecule has 0 aliphatic heterocycles. The van der Waals surface area contributed by atoms with Gasteiger partial charge >= 0.3 is 6.18 Å². The number of nitrogens with one attached hydrogen (secondary N) is 2. The van der Waals surface area contributed by atoms with Gasteiger partial charge in [-0.3, -0.25) is 4.79 Å². The minimum Gasteiger partial charge on any atom is -0.383 e. The first-order chi connectivity index (χ1) is 11.4. The number of carbonyl (C=O) groups is 1. The molecular formula is C15H15F3N4O2. The number of anilines is 2. The van der Waals surface area contributed by atoms with Crippen LogP contribution in [0, 0.1) is 0 Å². The van der Waals surface area contributed by atoms with Crippen molar-refractivity contribution in [2.45, 2.75) is 6.18 Å². The highest BCUT2D eigenvalue weighted by Crippen LogP contribution is 2.29. The maximum absolute atomic E-state index is 12.5. The van der Waals surface area contributed by atoms with Gasteiger partial charge in [-0.25, -0.2) is 9.97 Å². The van der Waals surface area contributed by atoms with Crippen molar-refractivity contribution in [3.05, 3.63) is 47.9 Å². The molecule has 0 radical (unpaired) electrons. The number of alkyl halides is 3. The lowest BCUT2D eigenvalue weighted by atomic mass is 10.2. The molecule has 0 aliphatic rings. The van der Waals surface area contributed by atoms with Gasteiger partial charge in [0.1, 0.15) is 11.5 Å². The first kappa shape index (κ1) is 17.7. The number of halogens is 3. The number of carbonyl (C=O) groups excluding carboxylic acids is 1. The molecule has 0 saturated heterocycles. The summed E-state index contributed by atoms with van der Waals surface area (Å²) in [5.74, 6) is -0.0798. The maximum Gasteiger partial charge on any atom is 0.416 e. The van der Waals surface area contributed by atoms with E-state index in [1.54, 1.807) is 7.11 Å². The van der Waals surface area contributed by atoms with E-state index in [1.807, 2.05) is 0 Å². The van der Waals surface area contributed by atoms with E-state index >= 15 is 0 Å². The van der Waals surface area contributed by atoms with Crippen LogP contribution >= 0.6 is 0 Å². The van der Waals surface area contributed by atoms with E-state index in [9.17, 15) is 18.0 Å². The van der Waals surface area contributed by atoms with Crippen LogP contribution in [-0.2, 0) is 10.9 Å². The molecule has 0 atom stereocenters. The fourth-order valence-electron chi connectivity index (χ4n) is 1.76. The van der Waals surface area contributed by atoms with Crippen LogP contribution in [0.25, 0.3) is 0 Å². The summed E-state index contributed by atoms with van der Waals surface area (Å²) >= 11 is 0. The Morgan fingerprint density at radius 2 is 1.88 bits per heavy atom. The average Bonchev–Trinajstić information content (AvgIpc) is 2.55. The minimum atomic E-state index is -4.42. The number of hydrogen-bond acceptors (Lipinski definition) is 5. The Kier molecular flexibility index (Phi) is 5.69. The number of hydrogen-bond donors (Lipinski definition) is 2. The Morgan fingerprint density at radius 1 is 1.17 bits per heavy atom. The normalized spacial score (nSPS) is 11.2. The quantitative estimate of drug-likeness (QED) is 0.791. The van der Waals surface area contributed by atoms with Gasteiger partial charge in [0.2, 0.25) is 0 Å². The predicted octanol–water partition coefficient (Wildman–Crippen LogP) is 2.81. The van der Waals surface area contributed by atoms with Gasteiger partial charge in [0, 0.05) is 19.3 Å². The molecule has 9 heteroatoms. The highest BCUT2D eigenvalue weighted by Gasteiger charge is 2.30. The molecule has 1 amide bonds. The number of nitrogens with zero attached hydrogens (tertiary/aromatic N) is 2. The molecule has 1 aromatic carbocycles. The Morgan fingerprint density at radius 3 is 2.42 bits per heavy atom. The fraction of sp³-hybridized carbons (Fsp3) is 0.267. The Labute approximate surface area is 136 Å². The highest BCUT2D eigenvalue weighted by molar-refractivity contribution is 6.02. The number of methoxy groups -OCH3 is 1. The third-order valence-corrected chi connectivity index (χ3v) is 2.97. The molecule has 0 bridgehead atoms. The van der Waals surface area contributed by atoms with Gasteiger partial charge in [-0.05, 0) is 24.3 Å². The molecule has 0 spiro atoms. The van der Waals surface area contributed by atoms with Crippen LogP contribution in [0.3, 0.4) is 0 Å². The molecular weight excluding hydrogens is 325 g/mol. The molecule has 0 unspecified atom stereocenters. The Hall–Kier alpha value is -2.68. The maximum atomic E-state index is 12.5. The van der Waals surface area contributed by atoms with Crippen LogP contribution < -0.4 is 10.6 Å². The van der Waals surface area contributed by atoms with Gasteiger partial charge in [0.05, 0.1) is 24.6 Å². The lowest BCUT2D eigenvalue weighted by molar-refractivity contribution is -0.137. The fourth-order valence-corrected chi connectivity index (χ4v) is 1.76. The third-order valence-electron chi connectivity index (χ3n) is 2.97. The summed E-state index contributed by atoms with van der Waals surface area (Å²) in [7, 11) is 1.57. The summed E-state index contributed by atoms with van der Waals surface area (Å²) < 4.78 is 42.3. The number of benzene rings is 1. The molecule has 0 saturated carbocycles. The second kappa shape index (κ2) is 7.73. The number of rotatable bonds is 6. The molecule has 1 heterocycles. The zero-order valence-corrected chi connectivity index (χ0v) is 12.7. The van der Waals surface area contributed by atoms with Gasteiger partial charge in [-0.2, -0.15) is 13.2 Å². The van der Waals surface area contributed by atoms with Gasteiger partial charge < -0.3 is 15.4 Å². The molecule has 0 aliphatic carbocycles. The van der Waals surface area contributed by atoms with Crippen LogP contribution in [0.2, 0.25) is 0 Å². The summed E-state index contributed by atoms with van der Waals surface area (Å²) in [4.78, 5) is 20.0. The molecule has 6 nitrogen and oxygen atoms in total. The second-order valence-corrected chi connectivity index (χ2v) is 4.74. The van der Waals surface area contributed by atoms with Crippen molar-refractivity contribution in [3.63, 3.8) is 0 Å². The van der Waals surface area contributed by atoms with Crippen molar-refractivity contribution in [2.24, 2.45) is 0 Å². The predicted molar refractivity (Wildman–Crippen MR) is 81.8 cm³/mol. The molecule has 2 rings (SSSR count). The van der Waals surface area contributed by atoms with E-state index < -0.39 is 17.6 Å². The second-order valence-electron chi connectivity index (χ2n) is 4.74. The summed E-state index contributed by atoms with van der Waals surface area (Å²) in [6.07, 6.45) is -1.76. The van der Waals surface area contributed by atoms with E-state index in [0.717, 1.165) is 12.1 Å². The van der Waals surface area contributed by atoms with Crippen LogP contribution in [0.4, 0.5) is 24.7 Å². The average molecular weight is 340 g/mol. The monoisotopic (exact) mass is 340 g/mol. The topological polar surface area (TPSA) is 76.1 Å². The van der Waals surface area contributed by atoms with Crippen molar-refractivity contribution in [1.29, 1.82) is 0 Å². The van der Waals surface area contributed by atoms with Crippen molar-refractivity contribution in [1.82, 2.24) is 9.97 Å². The molecule has 128 valence electrons. The van der Waals surface area contributed by atoms with Crippen molar-refractivity contribution >= 4 is 17.4 Å². The largest absolute Gasteiger partial charge is 0.416 e. The first-order valence-electron chi connectivity index (χ1n) is 6.93. The lowest BCUT2D eigenvalue weighted by Crippen LogP contribution is -2.15. The first-order valence-corrected chi connectivity index (χ1v) is 6.93. The van der Waals surface area contributed by atoms with Crippen molar-refractivity contribution in [2.75, 3.05) is 30.9 Å². The van der Waals surface area contributed by atoms with Crippen molar-refractivity contribution in [3.8, 4) is 0 Å². The van der Waals surface area contributed by atoms with Crippen molar-refractivity contribution < 1.29 is 22.7 Å². The standard InChI is InChI=1S/C15H15F3N4O2/c1-24-7-6-19-13-9-20-12(8-21-13)14(23)22-11-4-2-10(3-5-11)15(16,17)18/h2-5,8-9H,6-7H2,1H3,(H,19,21)(H,22,23). The Bertz CT molecular complexity index is 673. The SMILES string of the molecule is COCCNc1cnc(C(=O)Nc2ccc(C(F)(F)F)cc2)cn1. The van der Waals surface area contributed by atoms with Gasteiger partial charge in [-0.15, -0.1) is 0 Å². The minimum absolute atomic E-state index is 0.0483. The molecule has 0 fully saturated rings. The van der Waals surface area contributed by atoms with E-state index in [4.69, 9.17) is 4.74 Å². The van der Waals surface area contributed by atoms with Crippen LogP contribution in [0.15, 0.2) is 36.7 Å². The molecule has 2 N–H and O–H groups in total. The molecule has 24 heavy (non-hydrogen) atoms. The van der Waals surface area contributed by atoms with Crippen LogP contribution in [0.1, 0.15) is 16.1 Å². The van der Waals surface area contributed by atoms with Crippen LogP contribution in [0.5, 0.6) is 0 Å². The summed E-state index contributed by atoms with van der Waals surface area (Å²) in [6.45, 7) is 1.04. The summed E-state index contributed by atoms with van der Waals surface area (Å²) in [6, 6.07) is 4.14. The van der Waals surface area contributed by atoms with Gasteiger partial charge in [0.25, 0.3) is 5.91 Å². The van der Waals surface area contributed by atoms with E-state index in [0.29, 0.717) is 19.0 Å². The third kappa shape index (κ3) is 4.92. The number of ether oxygens (including phenoxy) is 1. The molecule has 1 aromatic heterocycles. The summed E-state index contributed by atoms with van der Waals surface area (Å²) in [5, 5.41) is 5.40. The van der Waals surface area contributed by atoms with E-state index in [1.165, 1.54) is 24.5 Å². The van der Waals surface area contributed by atoms with Gasteiger partial charge in [0.15, 0.2) is 0 Å². The van der Waals surface area contributed by atoms with E-state index in [-0.39, 0.29) is 11.4 Å². The van der Waals surface area contributed by atoms with E-state index in [2.05, 4.69) is 20.6 Å². The highest BCUT2D eigenvalue weighted by atomic mass is 19.4. The lowest BCUT2D eigenvalue weighted by Gasteiger charge is -2.09. The van der Waals surface area contributed by atoms with Gasteiger partial charge in [-0.1, -0.05) is 0 Å². The van der Waals surface area contributed by atoms with Crippen LogP contribution in [-0.4, -0.2) is 36.1 Å². The summed E-state index contributed by atoms with van der Waals surface area (Å²) in [5.41, 5.74) is -0.504.